The van der Waals surface area contributed by atoms with Crippen LogP contribution < -0.4 is 5.32 Å². The Labute approximate surface area is 192 Å². The van der Waals surface area contributed by atoms with Gasteiger partial charge in [-0.2, -0.15) is 0 Å². The number of carbonyl (C=O) groups is 1. The summed E-state index contributed by atoms with van der Waals surface area (Å²) in [7, 11) is 0. The maximum absolute atomic E-state index is 12.5. The van der Waals surface area contributed by atoms with E-state index < -0.39 is 0 Å². The first-order valence-corrected chi connectivity index (χ1v) is 11.3. The molecule has 4 rings (SSSR count). The first-order chi connectivity index (χ1) is 15.1. The number of carbonyl (C=O) groups excluding carboxylic acids is 1. The van der Waals surface area contributed by atoms with Gasteiger partial charge in [0.25, 0.3) is 0 Å². The van der Waals surface area contributed by atoms with Crippen molar-refractivity contribution in [1.82, 2.24) is 15.2 Å². The van der Waals surface area contributed by atoms with Gasteiger partial charge >= 0.3 is 0 Å². The van der Waals surface area contributed by atoms with Crippen LogP contribution in [-0.2, 0) is 11.2 Å². The highest BCUT2D eigenvalue weighted by molar-refractivity contribution is 6.33. The zero-order valence-electron chi connectivity index (χ0n) is 17.2. The normalized spacial score (nSPS) is 15.2. The summed E-state index contributed by atoms with van der Waals surface area (Å²) in [6.45, 7) is 2.62. The predicted octanol–water partition coefficient (Wildman–Crippen LogP) is 5.53. The van der Waals surface area contributed by atoms with Crippen molar-refractivity contribution in [3.63, 3.8) is 0 Å². The highest BCUT2D eigenvalue weighted by Crippen LogP contribution is 2.28. The van der Waals surface area contributed by atoms with Crippen molar-refractivity contribution in [2.24, 2.45) is 0 Å². The second-order valence-corrected chi connectivity index (χ2v) is 8.56. The number of hydrogen-bond donors (Lipinski definition) is 1. The first kappa shape index (κ1) is 21.9. The van der Waals surface area contributed by atoms with Gasteiger partial charge in [-0.1, -0.05) is 47.5 Å². The molecule has 31 heavy (non-hydrogen) atoms. The van der Waals surface area contributed by atoms with Gasteiger partial charge in [-0.15, -0.1) is 0 Å². The maximum Gasteiger partial charge on any atom is 0.220 e. The first-order valence-electron chi connectivity index (χ1n) is 10.6. The van der Waals surface area contributed by atoms with Gasteiger partial charge in [-0.25, -0.2) is 4.98 Å². The lowest BCUT2D eigenvalue weighted by Gasteiger charge is -2.28. The Bertz CT molecular complexity index is 1030. The Balaban J connectivity index is 1.33. The molecule has 2 heterocycles. The number of halogens is 2. The lowest BCUT2D eigenvalue weighted by atomic mass is 10.1. The largest absolute Gasteiger partial charge is 0.441 e. The summed E-state index contributed by atoms with van der Waals surface area (Å²) in [5.41, 5.74) is 1.93. The fourth-order valence-corrected chi connectivity index (χ4v) is 4.38. The van der Waals surface area contributed by atoms with E-state index in [4.69, 9.17) is 27.6 Å². The molecule has 1 atom stereocenters. The van der Waals surface area contributed by atoms with Crippen LogP contribution >= 0.6 is 23.2 Å². The van der Waals surface area contributed by atoms with Crippen LogP contribution in [0, 0.1) is 0 Å². The van der Waals surface area contributed by atoms with Crippen LogP contribution in [0.1, 0.15) is 36.8 Å². The number of hydrogen-bond acceptors (Lipinski definition) is 4. The van der Waals surface area contributed by atoms with Gasteiger partial charge in [0.15, 0.2) is 11.7 Å². The highest BCUT2D eigenvalue weighted by Gasteiger charge is 2.24. The molecule has 0 radical (unpaired) electrons. The number of likely N-dealkylation sites (tertiary alicyclic amines) is 1. The van der Waals surface area contributed by atoms with E-state index >= 15 is 0 Å². The maximum atomic E-state index is 12.5. The number of rotatable bonds is 8. The third kappa shape index (κ3) is 5.67. The molecular weight excluding hydrogens is 433 g/mol. The predicted molar refractivity (Wildman–Crippen MR) is 123 cm³/mol. The zero-order valence-corrected chi connectivity index (χ0v) is 18.7. The Morgan fingerprint density at radius 2 is 1.94 bits per heavy atom. The molecule has 1 fully saturated rings. The molecule has 0 spiro atoms. The summed E-state index contributed by atoms with van der Waals surface area (Å²) in [5, 5.41) is 4.40. The molecule has 1 N–H and O–H groups in total. The average Bonchev–Trinajstić information content (AvgIpc) is 3.45. The Hall–Kier alpha value is -2.34. The number of oxazole rings is 1. The summed E-state index contributed by atoms with van der Waals surface area (Å²) in [6.07, 6.45) is 4.76. The summed E-state index contributed by atoms with van der Waals surface area (Å²) >= 11 is 12.4. The second-order valence-electron chi connectivity index (χ2n) is 7.72. The average molecular weight is 458 g/mol. The van der Waals surface area contributed by atoms with E-state index in [1.807, 2.05) is 42.5 Å². The van der Waals surface area contributed by atoms with Crippen molar-refractivity contribution in [3.05, 3.63) is 76.2 Å². The minimum Gasteiger partial charge on any atom is -0.441 e. The molecule has 0 bridgehead atoms. The van der Waals surface area contributed by atoms with Crippen molar-refractivity contribution >= 4 is 29.1 Å². The fourth-order valence-electron chi connectivity index (χ4n) is 3.96. The van der Waals surface area contributed by atoms with Crippen LogP contribution in [-0.4, -0.2) is 35.4 Å². The lowest BCUT2D eigenvalue weighted by molar-refractivity contribution is -0.121. The van der Waals surface area contributed by atoms with E-state index in [9.17, 15) is 4.79 Å². The van der Waals surface area contributed by atoms with Gasteiger partial charge in [-0.05, 0) is 55.8 Å². The van der Waals surface area contributed by atoms with E-state index in [0.717, 1.165) is 24.2 Å². The fraction of sp³-hybridized carbons (Fsp3) is 0.333. The van der Waals surface area contributed by atoms with Gasteiger partial charge in [0.1, 0.15) is 0 Å². The number of amides is 1. The van der Waals surface area contributed by atoms with Crippen LogP contribution in [0.25, 0.3) is 11.3 Å². The molecule has 2 aromatic carbocycles. The summed E-state index contributed by atoms with van der Waals surface area (Å²) < 4.78 is 5.79. The van der Waals surface area contributed by atoms with Gasteiger partial charge < -0.3 is 9.73 Å². The summed E-state index contributed by atoms with van der Waals surface area (Å²) in [6, 6.07) is 15.5. The third-order valence-electron chi connectivity index (χ3n) is 5.57. The van der Waals surface area contributed by atoms with Crippen LogP contribution in [0.15, 0.2) is 59.1 Å². The van der Waals surface area contributed by atoms with Crippen LogP contribution in [0.2, 0.25) is 10.0 Å². The second kappa shape index (κ2) is 10.3. The third-order valence-corrected chi connectivity index (χ3v) is 6.13. The quantitative estimate of drug-likeness (QED) is 0.482. The van der Waals surface area contributed by atoms with E-state index in [2.05, 4.69) is 21.3 Å². The number of aromatic nitrogens is 1. The van der Waals surface area contributed by atoms with Crippen molar-refractivity contribution in [2.75, 3.05) is 19.6 Å². The molecule has 1 amide bonds. The van der Waals surface area contributed by atoms with Crippen LogP contribution in [0.3, 0.4) is 0 Å². The van der Waals surface area contributed by atoms with Crippen LogP contribution in [0.4, 0.5) is 0 Å². The van der Waals surface area contributed by atoms with E-state index in [1.165, 1.54) is 12.8 Å². The molecule has 1 aromatic heterocycles. The van der Waals surface area contributed by atoms with Gasteiger partial charge in [0.05, 0.1) is 17.3 Å². The number of nitrogens with one attached hydrogen (secondary N) is 1. The van der Waals surface area contributed by atoms with E-state index in [0.29, 0.717) is 41.1 Å². The molecule has 162 valence electrons. The monoisotopic (exact) mass is 457 g/mol. The van der Waals surface area contributed by atoms with Crippen LogP contribution in [0.5, 0.6) is 0 Å². The number of aryl methyl sites for hydroxylation is 1. The standard InChI is InChI=1S/C24H25Cl2N3O2/c25-18-7-5-6-17(14-18)21(29-12-3-4-13-29)15-27-23(30)10-11-24-28-16-22(31-24)19-8-1-2-9-20(19)26/h1-2,5-9,14,16,21H,3-4,10-13,15H2,(H,27,30). The van der Waals surface area contributed by atoms with Gasteiger partial charge in [0.2, 0.25) is 5.91 Å². The molecule has 1 aliphatic rings. The molecule has 3 aromatic rings. The molecule has 5 nitrogen and oxygen atoms in total. The molecule has 1 unspecified atom stereocenters. The topological polar surface area (TPSA) is 58.4 Å². The Morgan fingerprint density at radius 3 is 2.71 bits per heavy atom. The molecule has 0 saturated carbocycles. The van der Waals surface area contributed by atoms with Crippen molar-refractivity contribution in [2.45, 2.75) is 31.7 Å². The van der Waals surface area contributed by atoms with E-state index in [1.54, 1.807) is 6.20 Å². The molecule has 7 heteroatoms. The highest BCUT2D eigenvalue weighted by atomic mass is 35.5. The Kier molecular flexibility index (Phi) is 7.28. The number of nitrogens with zero attached hydrogens (tertiary/aromatic N) is 2. The molecular formula is C24H25Cl2N3O2. The minimum atomic E-state index is -0.0243. The van der Waals surface area contributed by atoms with Gasteiger partial charge in [0, 0.05) is 30.0 Å². The summed E-state index contributed by atoms with van der Waals surface area (Å²) in [5.74, 6) is 1.11. The molecule has 1 aliphatic heterocycles. The SMILES string of the molecule is O=C(CCc1ncc(-c2ccccc2Cl)o1)NCC(c1cccc(Cl)c1)N1CCCC1. The zero-order chi connectivity index (χ0) is 21.6. The van der Waals surface area contributed by atoms with Crippen molar-refractivity contribution in [1.29, 1.82) is 0 Å². The molecule has 0 aliphatic carbocycles. The Morgan fingerprint density at radius 1 is 1.13 bits per heavy atom. The van der Waals surface area contributed by atoms with E-state index in [-0.39, 0.29) is 11.9 Å². The van der Waals surface area contributed by atoms with Gasteiger partial charge in [-0.3, -0.25) is 9.69 Å². The van der Waals surface area contributed by atoms with Crippen molar-refractivity contribution < 1.29 is 9.21 Å². The van der Waals surface area contributed by atoms with Crippen molar-refractivity contribution in [3.8, 4) is 11.3 Å². The lowest BCUT2D eigenvalue weighted by Crippen LogP contribution is -2.36. The number of benzene rings is 2. The minimum absolute atomic E-state index is 0.0243. The smallest absolute Gasteiger partial charge is 0.220 e. The summed E-state index contributed by atoms with van der Waals surface area (Å²) in [4.78, 5) is 19.2. The molecule has 1 saturated heterocycles.